The summed E-state index contributed by atoms with van der Waals surface area (Å²) in [5.41, 5.74) is 2.60. The summed E-state index contributed by atoms with van der Waals surface area (Å²) < 4.78 is 5.91. The van der Waals surface area contributed by atoms with Gasteiger partial charge in [-0.3, -0.25) is 4.98 Å². The van der Waals surface area contributed by atoms with Gasteiger partial charge < -0.3 is 14.6 Å². The van der Waals surface area contributed by atoms with Gasteiger partial charge in [-0.1, -0.05) is 41.9 Å². The first-order valence-corrected chi connectivity index (χ1v) is 8.11. The van der Waals surface area contributed by atoms with Gasteiger partial charge in [0.2, 0.25) is 0 Å². The molecule has 0 unspecified atom stereocenters. The van der Waals surface area contributed by atoms with Crippen LogP contribution in [-0.2, 0) is 13.0 Å². The Balaban J connectivity index is 0.00000243. The number of pyridine rings is 1. The molecule has 0 atom stereocenters. The van der Waals surface area contributed by atoms with E-state index < -0.39 is 5.97 Å². The molecule has 0 N–H and O–H groups in total. The van der Waals surface area contributed by atoms with Crippen molar-refractivity contribution in [1.82, 2.24) is 4.98 Å². The molecular weight excluding hydrogens is 361 g/mol. The molecule has 2 aromatic carbocycles. The predicted octanol–water partition coefficient (Wildman–Crippen LogP) is 0.272. The van der Waals surface area contributed by atoms with E-state index in [-0.39, 0.29) is 35.1 Å². The van der Waals surface area contributed by atoms with Crippen molar-refractivity contribution in [2.75, 3.05) is 0 Å². The fourth-order valence-electron chi connectivity index (χ4n) is 2.46. The van der Waals surface area contributed by atoms with E-state index in [0.29, 0.717) is 29.5 Å². The summed E-state index contributed by atoms with van der Waals surface area (Å²) in [6, 6.07) is 18.1. The molecule has 3 aromatic rings. The first-order valence-electron chi connectivity index (χ1n) is 7.73. The number of carbonyl (C=O) groups is 1. The molecule has 1 aromatic heterocycles. The van der Waals surface area contributed by atoms with Crippen molar-refractivity contribution in [2.45, 2.75) is 13.0 Å². The molecule has 0 spiro atoms. The van der Waals surface area contributed by atoms with Crippen LogP contribution in [0.25, 0.3) is 0 Å². The normalized spacial score (nSPS) is 10.0. The van der Waals surface area contributed by atoms with Crippen LogP contribution in [0, 0.1) is 0 Å². The van der Waals surface area contributed by atoms with Gasteiger partial charge in [-0.2, -0.15) is 0 Å². The number of carboxylic acids is 1. The summed E-state index contributed by atoms with van der Waals surface area (Å²) in [4.78, 5) is 15.2. The molecule has 1 heterocycles. The van der Waals surface area contributed by atoms with Gasteiger partial charge in [-0.05, 0) is 35.9 Å². The Labute approximate surface area is 179 Å². The molecule has 0 aliphatic carbocycles. The average molecular weight is 376 g/mol. The minimum atomic E-state index is -1.23. The van der Waals surface area contributed by atoms with Crippen LogP contribution in [0.3, 0.4) is 0 Å². The number of hydrogen-bond acceptors (Lipinski definition) is 4. The number of aromatic carboxylic acids is 1. The summed E-state index contributed by atoms with van der Waals surface area (Å²) in [5, 5.41) is 11.6. The SMILES string of the molecule is O=C([O-])c1ccnc(Cc2cc(Cl)ccc2OCc2ccccc2)c1.[Na+]. The van der Waals surface area contributed by atoms with Crippen molar-refractivity contribution < 1.29 is 44.2 Å². The molecule has 126 valence electrons. The van der Waals surface area contributed by atoms with Gasteiger partial charge in [0.25, 0.3) is 0 Å². The number of hydrogen-bond donors (Lipinski definition) is 0. The third-order valence-electron chi connectivity index (χ3n) is 3.68. The zero-order valence-corrected chi connectivity index (χ0v) is 17.1. The average Bonchev–Trinajstić information content (AvgIpc) is 2.62. The van der Waals surface area contributed by atoms with Crippen LogP contribution >= 0.6 is 11.6 Å². The number of halogens is 1. The van der Waals surface area contributed by atoms with Crippen LogP contribution in [-0.4, -0.2) is 11.0 Å². The van der Waals surface area contributed by atoms with E-state index in [1.54, 1.807) is 12.1 Å². The molecule has 0 saturated carbocycles. The number of rotatable bonds is 6. The Morgan fingerprint density at radius 3 is 2.58 bits per heavy atom. The number of carbonyl (C=O) groups excluding carboxylic acids is 1. The Morgan fingerprint density at radius 1 is 1.08 bits per heavy atom. The van der Waals surface area contributed by atoms with Crippen LogP contribution in [0.1, 0.15) is 27.2 Å². The first-order chi connectivity index (χ1) is 12.1. The van der Waals surface area contributed by atoms with E-state index in [9.17, 15) is 9.90 Å². The van der Waals surface area contributed by atoms with Crippen molar-refractivity contribution in [2.24, 2.45) is 0 Å². The maximum atomic E-state index is 11.0. The van der Waals surface area contributed by atoms with Crippen molar-refractivity contribution >= 4 is 17.6 Å². The fraction of sp³-hybridized carbons (Fsp3) is 0.100. The summed E-state index contributed by atoms with van der Waals surface area (Å²) in [5.74, 6) is -0.538. The molecule has 3 rings (SSSR count). The van der Waals surface area contributed by atoms with E-state index in [4.69, 9.17) is 16.3 Å². The molecule has 0 amide bonds. The third kappa shape index (κ3) is 5.58. The zero-order valence-electron chi connectivity index (χ0n) is 14.3. The molecule has 0 aliphatic heterocycles. The fourth-order valence-corrected chi connectivity index (χ4v) is 2.65. The second-order valence-corrected chi connectivity index (χ2v) is 5.96. The number of benzene rings is 2. The molecule has 6 heteroatoms. The second kappa shape index (κ2) is 9.74. The van der Waals surface area contributed by atoms with Gasteiger partial charge in [0.15, 0.2) is 0 Å². The maximum Gasteiger partial charge on any atom is 1.00 e. The summed E-state index contributed by atoms with van der Waals surface area (Å²) >= 11 is 6.10. The van der Waals surface area contributed by atoms with Crippen LogP contribution < -0.4 is 39.4 Å². The first kappa shape index (κ1) is 20.5. The minimum Gasteiger partial charge on any atom is -0.545 e. The van der Waals surface area contributed by atoms with Gasteiger partial charge in [-0.15, -0.1) is 0 Å². The molecule has 0 bridgehead atoms. The van der Waals surface area contributed by atoms with Crippen LogP contribution in [0.4, 0.5) is 0 Å². The van der Waals surface area contributed by atoms with E-state index in [2.05, 4.69) is 4.98 Å². The van der Waals surface area contributed by atoms with Gasteiger partial charge in [0.1, 0.15) is 12.4 Å². The van der Waals surface area contributed by atoms with Gasteiger partial charge >= 0.3 is 29.6 Å². The quantitative estimate of drug-likeness (QED) is 0.580. The second-order valence-electron chi connectivity index (χ2n) is 5.53. The van der Waals surface area contributed by atoms with Crippen molar-refractivity contribution in [3.63, 3.8) is 0 Å². The summed E-state index contributed by atoms with van der Waals surface area (Å²) in [6.45, 7) is 0.433. The van der Waals surface area contributed by atoms with Crippen molar-refractivity contribution in [1.29, 1.82) is 0 Å². The van der Waals surface area contributed by atoms with E-state index in [1.165, 1.54) is 18.3 Å². The smallest absolute Gasteiger partial charge is 0.545 e. The zero-order chi connectivity index (χ0) is 17.6. The Hall–Kier alpha value is -1.85. The standard InChI is InChI=1S/C20H16ClNO3.Na/c21-17-6-7-19(25-13-14-4-2-1-3-5-14)16(10-17)12-18-11-15(20(23)24)8-9-22-18;/h1-11H,12-13H2,(H,23,24);/q;+1/p-1. The van der Waals surface area contributed by atoms with E-state index in [1.807, 2.05) is 36.4 Å². The number of aromatic nitrogens is 1. The predicted molar refractivity (Wildman–Crippen MR) is 93.6 cm³/mol. The Bertz CT molecular complexity index is 887. The molecule has 0 aliphatic rings. The number of nitrogens with zero attached hydrogens (tertiary/aromatic N) is 1. The van der Waals surface area contributed by atoms with Gasteiger partial charge in [0.05, 0.1) is 5.97 Å². The van der Waals surface area contributed by atoms with Crippen molar-refractivity contribution in [3.8, 4) is 5.75 Å². The largest absolute Gasteiger partial charge is 1.00 e. The molecule has 0 radical (unpaired) electrons. The Morgan fingerprint density at radius 2 is 1.85 bits per heavy atom. The minimum absolute atomic E-state index is 0. The van der Waals surface area contributed by atoms with E-state index in [0.717, 1.165) is 11.1 Å². The van der Waals surface area contributed by atoms with Gasteiger partial charge in [0, 0.05) is 34.5 Å². The Kier molecular flexibility index (Phi) is 7.66. The van der Waals surface area contributed by atoms with Crippen LogP contribution in [0.2, 0.25) is 5.02 Å². The molecule has 0 fully saturated rings. The number of ether oxygens (including phenoxy) is 1. The summed E-state index contributed by atoms with van der Waals surface area (Å²) in [7, 11) is 0. The molecule has 26 heavy (non-hydrogen) atoms. The maximum absolute atomic E-state index is 11.0. The number of carboxylic acid groups (broad SMARTS) is 1. The van der Waals surface area contributed by atoms with Crippen molar-refractivity contribution in [3.05, 3.63) is 94.3 Å². The summed E-state index contributed by atoms with van der Waals surface area (Å²) in [6.07, 6.45) is 1.86. The van der Waals surface area contributed by atoms with Crippen LogP contribution in [0.5, 0.6) is 5.75 Å². The topological polar surface area (TPSA) is 62.2 Å². The molecule has 4 nitrogen and oxygen atoms in total. The van der Waals surface area contributed by atoms with Gasteiger partial charge in [-0.25, -0.2) is 0 Å². The molecular formula is C20H15ClNNaO3. The van der Waals surface area contributed by atoms with Crippen LogP contribution in [0.15, 0.2) is 66.9 Å². The van der Waals surface area contributed by atoms with E-state index >= 15 is 0 Å². The molecule has 0 saturated heterocycles. The monoisotopic (exact) mass is 375 g/mol. The third-order valence-corrected chi connectivity index (χ3v) is 3.92.